The third-order valence-corrected chi connectivity index (χ3v) is 4.00. The first-order chi connectivity index (χ1) is 12.1. The molecule has 134 valence electrons. The van der Waals surface area contributed by atoms with Crippen LogP contribution in [-0.4, -0.2) is 23.7 Å². The first-order valence-electron chi connectivity index (χ1n) is 8.90. The quantitative estimate of drug-likeness (QED) is 0.714. The molecular formula is C21H28N2O2. The lowest BCUT2D eigenvalue weighted by Crippen LogP contribution is -2.44. The van der Waals surface area contributed by atoms with Gasteiger partial charge >= 0.3 is 6.03 Å². The van der Waals surface area contributed by atoms with Gasteiger partial charge in [0.2, 0.25) is 0 Å². The van der Waals surface area contributed by atoms with Gasteiger partial charge in [-0.3, -0.25) is 0 Å². The summed E-state index contributed by atoms with van der Waals surface area (Å²) in [6, 6.07) is 18.0. The number of hydrogen-bond donors (Lipinski definition) is 1. The predicted octanol–water partition coefficient (Wildman–Crippen LogP) is 4.60. The highest BCUT2D eigenvalue weighted by atomic mass is 16.5. The van der Waals surface area contributed by atoms with Crippen LogP contribution in [-0.2, 0) is 13.0 Å². The van der Waals surface area contributed by atoms with Crippen molar-refractivity contribution in [3.63, 3.8) is 0 Å². The van der Waals surface area contributed by atoms with E-state index in [1.54, 1.807) is 4.90 Å². The molecule has 0 aliphatic heterocycles. The number of hydrogen-bond acceptors (Lipinski definition) is 2. The number of nitrogens with zero attached hydrogens (tertiary/aromatic N) is 1. The van der Waals surface area contributed by atoms with E-state index in [1.807, 2.05) is 56.3 Å². The molecule has 2 aromatic rings. The molecule has 2 rings (SSSR count). The Hall–Kier alpha value is -2.49. The van der Waals surface area contributed by atoms with Crippen LogP contribution in [0.25, 0.3) is 0 Å². The average molecular weight is 340 g/mol. The predicted molar refractivity (Wildman–Crippen MR) is 102 cm³/mol. The van der Waals surface area contributed by atoms with Gasteiger partial charge in [0.1, 0.15) is 5.75 Å². The average Bonchev–Trinajstić information content (AvgIpc) is 2.62. The molecule has 1 N–H and O–H groups in total. The van der Waals surface area contributed by atoms with Gasteiger partial charge in [-0.25, -0.2) is 4.79 Å². The van der Waals surface area contributed by atoms with E-state index < -0.39 is 0 Å². The van der Waals surface area contributed by atoms with Crippen molar-refractivity contribution < 1.29 is 9.53 Å². The summed E-state index contributed by atoms with van der Waals surface area (Å²) in [7, 11) is 0. The van der Waals surface area contributed by atoms with E-state index in [-0.39, 0.29) is 18.8 Å². The number of urea groups is 1. The van der Waals surface area contributed by atoms with Crippen LogP contribution in [0.4, 0.5) is 4.79 Å². The topological polar surface area (TPSA) is 41.6 Å². The number of ether oxygens (including phenoxy) is 1. The summed E-state index contributed by atoms with van der Waals surface area (Å²) in [6.45, 7) is 6.92. The van der Waals surface area contributed by atoms with Crippen LogP contribution in [0.3, 0.4) is 0 Å². The number of carbonyl (C=O) groups excluding carboxylic acids is 1. The molecule has 4 heteroatoms. The van der Waals surface area contributed by atoms with E-state index in [2.05, 4.69) is 24.4 Å². The zero-order chi connectivity index (χ0) is 18.1. The summed E-state index contributed by atoms with van der Waals surface area (Å²) in [5.41, 5.74) is 2.41. The van der Waals surface area contributed by atoms with Crippen LogP contribution in [0.5, 0.6) is 5.75 Å². The van der Waals surface area contributed by atoms with Gasteiger partial charge in [-0.2, -0.15) is 0 Å². The second-order valence-corrected chi connectivity index (χ2v) is 6.37. The first kappa shape index (κ1) is 18.8. The molecule has 0 atom stereocenters. The number of amides is 2. The molecule has 2 amide bonds. The summed E-state index contributed by atoms with van der Waals surface area (Å²) in [6.07, 6.45) is 2.20. The van der Waals surface area contributed by atoms with Gasteiger partial charge in [-0.05, 0) is 43.5 Å². The molecular weight excluding hydrogens is 312 g/mol. The van der Waals surface area contributed by atoms with Gasteiger partial charge in [0.25, 0.3) is 0 Å². The lowest BCUT2D eigenvalue weighted by atomic mass is 10.1. The van der Waals surface area contributed by atoms with Crippen LogP contribution in [0.2, 0.25) is 0 Å². The normalized spacial score (nSPS) is 10.6. The maximum Gasteiger partial charge on any atom is 0.320 e. The van der Waals surface area contributed by atoms with E-state index in [0.717, 1.165) is 24.2 Å². The molecule has 0 unspecified atom stereocenters. The third kappa shape index (κ3) is 6.14. The molecule has 0 aliphatic carbocycles. The van der Waals surface area contributed by atoms with Crippen LogP contribution >= 0.6 is 0 Å². The Morgan fingerprint density at radius 2 is 1.72 bits per heavy atom. The molecule has 0 saturated carbocycles. The molecule has 0 fully saturated rings. The van der Waals surface area contributed by atoms with E-state index in [9.17, 15) is 4.79 Å². The third-order valence-electron chi connectivity index (χ3n) is 4.00. The van der Waals surface area contributed by atoms with Crippen molar-refractivity contribution in [3.05, 3.63) is 65.7 Å². The van der Waals surface area contributed by atoms with Crippen molar-refractivity contribution >= 4 is 6.03 Å². The summed E-state index contributed by atoms with van der Waals surface area (Å²) in [5, 5.41) is 2.84. The van der Waals surface area contributed by atoms with E-state index >= 15 is 0 Å². The molecule has 0 saturated heterocycles. The van der Waals surface area contributed by atoms with Gasteiger partial charge in [0, 0.05) is 12.6 Å². The van der Waals surface area contributed by atoms with Gasteiger partial charge in [0.05, 0.1) is 0 Å². The fourth-order valence-electron chi connectivity index (χ4n) is 2.59. The van der Waals surface area contributed by atoms with Gasteiger partial charge in [-0.1, -0.05) is 55.8 Å². The zero-order valence-electron chi connectivity index (χ0n) is 15.4. The van der Waals surface area contributed by atoms with Crippen LogP contribution in [0.15, 0.2) is 54.6 Å². The Balaban J connectivity index is 1.84. The Bertz CT molecular complexity index is 639. The smallest absolute Gasteiger partial charge is 0.320 e. The highest BCUT2D eigenvalue weighted by Crippen LogP contribution is 2.13. The monoisotopic (exact) mass is 340 g/mol. The van der Waals surface area contributed by atoms with E-state index in [4.69, 9.17) is 4.74 Å². The van der Waals surface area contributed by atoms with Crippen molar-refractivity contribution in [2.24, 2.45) is 0 Å². The second kappa shape index (κ2) is 9.72. The van der Waals surface area contributed by atoms with Crippen LogP contribution < -0.4 is 10.1 Å². The van der Waals surface area contributed by atoms with E-state index in [0.29, 0.717) is 6.54 Å². The van der Waals surface area contributed by atoms with Crippen molar-refractivity contribution in [2.45, 2.75) is 46.2 Å². The number of nitrogens with one attached hydrogen (secondary N) is 1. The Morgan fingerprint density at radius 1 is 1.04 bits per heavy atom. The highest BCUT2D eigenvalue weighted by molar-refractivity contribution is 5.74. The van der Waals surface area contributed by atoms with Gasteiger partial charge in [0.15, 0.2) is 6.73 Å². The fraction of sp³-hybridized carbons (Fsp3) is 0.381. The van der Waals surface area contributed by atoms with Gasteiger partial charge < -0.3 is 15.0 Å². The standard InChI is InChI=1S/C21H28N2O2/c1-4-8-18-11-13-20(14-12-18)25-16-22-21(24)23(17(2)3)15-19-9-6-5-7-10-19/h5-7,9-14,17H,4,8,15-16H2,1-3H3,(H,22,24). The summed E-state index contributed by atoms with van der Waals surface area (Å²) < 4.78 is 5.63. The van der Waals surface area contributed by atoms with Crippen molar-refractivity contribution in [1.82, 2.24) is 10.2 Å². The van der Waals surface area contributed by atoms with Crippen LogP contribution in [0, 0.1) is 0 Å². The summed E-state index contributed by atoms with van der Waals surface area (Å²) in [5.74, 6) is 0.763. The fourth-order valence-corrected chi connectivity index (χ4v) is 2.59. The molecule has 0 spiro atoms. The summed E-state index contributed by atoms with van der Waals surface area (Å²) in [4.78, 5) is 14.2. The summed E-state index contributed by atoms with van der Waals surface area (Å²) >= 11 is 0. The maximum atomic E-state index is 12.5. The van der Waals surface area contributed by atoms with E-state index in [1.165, 1.54) is 5.56 Å². The molecule has 2 aromatic carbocycles. The van der Waals surface area contributed by atoms with Crippen molar-refractivity contribution in [1.29, 1.82) is 0 Å². The minimum Gasteiger partial charge on any atom is -0.473 e. The largest absolute Gasteiger partial charge is 0.473 e. The number of aryl methyl sites for hydroxylation is 1. The molecule has 4 nitrogen and oxygen atoms in total. The molecule has 0 radical (unpaired) electrons. The lowest BCUT2D eigenvalue weighted by Gasteiger charge is -2.27. The minimum absolute atomic E-state index is 0.105. The highest BCUT2D eigenvalue weighted by Gasteiger charge is 2.16. The maximum absolute atomic E-state index is 12.5. The second-order valence-electron chi connectivity index (χ2n) is 6.37. The molecule has 25 heavy (non-hydrogen) atoms. The van der Waals surface area contributed by atoms with Crippen molar-refractivity contribution in [2.75, 3.05) is 6.73 Å². The minimum atomic E-state index is -0.124. The zero-order valence-corrected chi connectivity index (χ0v) is 15.4. The van der Waals surface area contributed by atoms with Crippen molar-refractivity contribution in [3.8, 4) is 5.75 Å². The first-order valence-corrected chi connectivity index (χ1v) is 8.90. The molecule has 0 aromatic heterocycles. The van der Waals surface area contributed by atoms with Gasteiger partial charge in [-0.15, -0.1) is 0 Å². The number of carbonyl (C=O) groups is 1. The number of rotatable bonds is 8. The Morgan fingerprint density at radius 3 is 2.32 bits per heavy atom. The Kier molecular flexibility index (Phi) is 7.33. The Labute approximate surface area is 150 Å². The SMILES string of the molecule is CCCc1ccc(OCNC(=O)N(Cc2ccccc2)C(C)C)cc1. The number of benzene rings is 2. The molecule has 0 heterocycles. The molecule has 0 aliphatic rings. The lowest BCUT2D eigenvalue weighted by molar-refractivity contribution is 0.168. The molecule has 0 bridgehead atoms. The van der Waals surface area contributed by atoms with Crippen LogP contribution in [0.1, 0.15) is 38.3 Å².